The minimum absolute atomic E-state index is 0.0977. The van der Waals surface area contributed by atoms with Crippen molar-refractivity contribution in [2.75, 3.05) is 6.61 Å². The van der Waals surface area contributed by atoms with Gasteiger partial charge in [0.25, 0.3) is 0 Å². The third-order valence-electron chi connectivity index (χ3n) is 12.3. The van der Waals surface area contributed by atoms with Gasteiger partial charge in [0, 0.05) is 12.3 Å². The van der Waals surface area contributed by atoms with Crippen molar-refractivity contribution < 1.29 is 39.8 Å². The summed E-state index contributed by atoms with van der Waals surface area (Å²) < 4.78 is 17.6. The molecule has 0 radical (unpaired) electrons. The Morgan fingerprint density at radius 3 is 2.56 bits per heavy atom. The quantitative estimate of drug-likeness (QED) is 0.116. The van der Waals surface area contributed by atoms with Crippen LogP contribution in [0, 0.1) is 46.3 Å². The Hall–Kier alpha value is -1.36. The van der Waals surface area contributed by atoms with Crippen molar-refractivity contribution in [3.63, 3.8) is 0 Å². The molecule has 4 aliphatic carbocycles. The molecule has 9 heteroatoms. The maximum atomic E-state index is 10.4. The van der Waals surface area contributed by atoms with E-state index in [4.69, 9.17) is 24.5 Å². The van der Waals surface area contributed by atoms with Gasteiger partial charge >= 0.3 is 0 Å². The van der Waals surface area contributed by atoms with E-state index in [1.165, 1.54) is 37.7 Å². The highest BCUT2D eigenvalue weighted by atomic mass is 16.7. The summed E-state index contributed by atoms with van der Waals surface area (Å²) in [5.74, 6) is 4.69. The molecule has 0 aromatic carbocycles. The number of hydrogen-bond donors (Lipinski definition) is 6. The van der Waals surface area contributed by atoms with Gasteiger partial charge in [-0.3, -0.25) is 0 Å². The van der Waals surface area contributed by atoms with Crippen LogP contribution in [-0.2, 0) is 14.2 Å². The number of fused-ring (bicyclic) bond motifs is 7. The molecule has 4 saturated carbocycles. The topological polar surface area (TPSA) is 141 Å². The van der Waals surface area contributed by atoms with E-state index in [1.807, 2.05) is 0 Å². The van der Waals surface area contributed by atoms with Gasteiger partial charge in [-0.15, -0.1) is 0 Å². The van der Waals surface area contributed by atoms with Crippen LogP contribution in [0.1, 0.15) is 91.9 Å². The number of hydrogen-bond acceptors (Lipinski definition) is 9. The highest BCUT2D eigenvalue weighted by Gasteiger charge is 2.64. The molecule has 6 N–H and O–H groups in total. The monoisotopic (exact) mass is 579 g/mol. The van der Waals surface area contributed by atoms with Gasteiger partial charge < -0.3 is 39.8 Å². The normalized spacial score (nSPS) is 43.0. The summed E-state index contributed by atoms with van der Waals surface area (Å²) in [6.07, 6.45) is 8.43. The molecule has 0 bridgehead atoms. The summed E-state index contributed by atoms with van der Waals surface area (Å²) in [7, 11) is 0. The van der Waals surface area contributed by atoms with Gasteiger partial charge in [-0.05, 0) is 111 Å². The van der Waals surface area contributed by atoms with E-state index in [-0.39, 0.29) is 30.1 Å². The molecule has 41 heavy (non-hydrogen) atoms. The lowest BCUT2D eigenvalue weighted by Crippen LogP contribution is -2.54. The first-order valence-electron chi connectivity index (χ1n) is 15.9. The van der Waals surface area contributed by atoms with E-state index in [9.17, 15) is 15.3 Å². The maximum absolute atomic E-state index is 10.4. The molecule has 234 valence electrons. The van der Waals surface area contributed by atoms with Crippen LogP contribution in [0.25, 0.3) is 0 Å². The molecule has 0 aromatic heterocycles. The molecule has 9 nitrogen and oxygen atoms in total. The second-order valence-electron chi connectivity index (χ2n) is 14.4. The standard InChI is InChI=1S/C32H53NO8/c1-18(17-40-30(39-14-13-34)28(36)29(37)33-38)5-8-25-19(2)27-26(41-25)16-24-22-7-6-20-15-21(35)9-11-31(20,3)23(22)10-12-32(24,27)4/h13-14,18,20-24,26-30,33-38H,5-12,15-17H2,1-4H3/b14-13-. The van der Waals surface area contributed by atoms with Crippen molar-refractivity contribution >= 4 is 0 Å². The summed E-state index contributed by atoms with van der Waals surface area (Å²) in [4.78, 5) is 0. The molecule has 0 spiro atoms. The fraction of sp³-hybridized carbons (Fsp3) is 0.875. The van der Waals surface area contributed by atoms with E-state index >= 15 is 0 Å². The van der Waals surface area contributed by atoms with Gasteiger partial charge in [-0.1, -0.05) is 20.8 Å². The van der Waals surface area contributed by atoms with Crippen LogP contribution in [0.2, 0.25) is 0 Å². The maximum Gasteiger partial charge on any atom is 0.229 e. The molecule has 5 aliphatic rings. The van der Waals surface area contributed by atoms with E-state index in [2.05, 4.69) is 27.7 Å². The first kappa shape index (κ1) is 31.1. The molecule has 4 fully saturated rings. The summed E-state index contributed by atoms with van der Waals surface area (Å²) in [5.41, 5.74) is 3.67. The molecule has 13 unspecified atom stereocenters. The molecular formula is C32H53NO8. The average molecular weight is 580 g/mol. The molecular weight excluding hydrogens is 526 g/mol. The lowest BCUT2D eigenvalue weighted by Gasteiger charge is -2.60. The first-order chi connectivity index (χ1) is 19.5. The van der Waals surface area contributed by atoms with Crippen LogP contribution < -0.4 is 5.48 Å². The predicted molar refractivity (Wildman–Crippen MR) is 152 cm³/mol. The molecule has 1 aliphatic heterocycles. The van der Waals surface area contributed by atoms with E-state index in [0.717, 1.165) is 56.0 Å². The predicted octanol–water partition coefficient (Wildman–Crippen LogP) is 4.75. The highest BCUT2D eigenvalue weighted by molar-refractivity contribution is 5.26. The Balaban J connectivity index is 1.19. The van der Waals surface area contributed by atoms with Crippen LogP contribution in [0.4, 0.5) is 0 Å². The summed E-state index contributed by atoms with van der Waals surface area (Å²) in [5, 5.41) is 48.0. The molecule has 1 heterocycles. The third kappa shape index (κ3) is 5.67. The number of hydroxylamine groups is 1. The fourth-order valence-corrected chi connectivity index (χ4v) is 10.1. The minimum atomic E-state index is -1.66. The van der Waals surface area contributed by atoms with Gasteiger partial charge in [0.05, 0.1) is 18.5 Å². The van der Waals surface area contributed by atoms with Crippen LogP contribution >= 0.6 is 0 Å². The van der Waals surface area contributed by atoms with E-state index < -0.39 is 18.6 Å². The van der Waals surface area contributed by atoms with Gasteiger partial charge in [-0.2, -0.15) is 5.48 Å². The molecule has 0 saturated heterocycles. The van der Waals surface area contributed by atoms with Crippen molar-refractivity contribution in [1.29, 1.82) is 0 Å². The largest absolute Gasteiger partial charge is 0.512 e. The van der Waals surface area contributed by atoms with Crippen LogP contribution in [-0.4, -0.2) is 63.1 Å². The average Bonchev–Trinajstić information content (AvgIpc) is 3.44. The van der Waals surface area contributed by atoms with Gasteiger partial charge in [0.2, 0.25) is 6.29 Å². The van der Waals surface area contributed by atoms with Gasteiger partial charge in [-0.25, -0.2) is 0 Å². The summed E-state index contributed by atoms with van der Waals surface area (Å²) in [6, 6.07) is 0. The number of aliphatic hydroxyl groups excluding tert-OH is 4. The van der Waals surface area contributed by atoms with Crippen molar-refractivity contribution in [3.8, 4) is 0 Å². The molecule has 0 amide bonds. The minimum Gasteiger partial charge on any atom is -0.512 e. The number of ether oxygens (including phenoxy) is 3. The Morgan fingerprint density at radius 1 is 1.07 bits per heavy atom. The Morgan fingerprint density at radius 2 is 1.83 bits per heavy atom. The SMILES string of the molecule is CC1=C(CCC(C)COC(O/C=C\O)C(O)C(O)NO)OC2CC3C4CCC5CC(O)CCC5(C)C4CCC3(C)C12. The Labute approximate surface area is 244 Å². The highest BCUT2D eigenvalue weighted by Crippen LogP contribution is 2.69. The lowest BCUT2D eigenvalue weighted by atomic mass is 9.44. The van der Waals surface area contributed by atoms with Crippen molar-refractivity contribution in [3.05, 3.63) is 23.9 Å². The molecule has 13 atom stereocenters. The van der Waals surface area contributed by atoms with Crippen molar-refractivity contribution in [1.82, 2.24) is 5.48 Å². The zero-order valence-corrected chi connectivity index (χ0v) is 25.2. The van der Waals surface area contributed by atoms with Crippen molar-refractivity contribution in [2.45, 2.75) is 123 Å². The second-order valence-corrected chi connectivity index (χ2v) is 14.4. The number of nitrogens with one attached hydrogen (secondary N) is 1. The molecule has 5 rings (SSSR count). The number of aliphatic hydroxyl groups is 4. The van der Waals surface area contributed by atoms with Gasteiger partial charge in [0.15, 0.2) is 12.3 Å². The second kappa shape index (κ2) is 12.3. The Bertz CT molecular complexity index is 973. The lowest BCUT2D eigenvalue weighted by molar-refractivity contribution is -0.213. The summed E-state index contributed by atoms with van der Waals surface area (Å²) >= 11 is 0. The first-order valence-corrected chi connectivity index (χ1v) is 15.9. The smallest absolute Gasteiger partial charge is 0.229 e. The zero-order valence-electron chi connectivity index (χ0n) is 25.2. The van der Waals surface area contributed by atoms with Crippen LogP contribution in [0.3, 0.4) is 0 Å². The fourth-order valence-electron chi connectivity index (χ4n) is 10.1. The molecule has 0 aromatic rings. The van der Waals surface area contributed by atoms with E-state index in [1.54, 1.807) is 5.48 Å². The number of rotatable bonds is 11. The van der Waals surface area contributed by atoms with Crippen molar-refractivity contribution in [2.24, 2.45) is 46.3 Å². The summed E-state index contributed by atoms with van der Waals surface area (Å²) in [6.45, 7) is 9.70. The van der Waals surface area contributed by atoms with Crippen LogP contribution in [0.5, 0.6) is 0 Å². The van der Waals surface area contributed by atoms with Gasteiger partial charge in [0.1, 0.15) is 18.6 Å². The number of allylic oxidation sites excluding steroid dienone is 1. The zero-order chi connectivity index (χ0) is 29.5. The van der Waals surface area contributed by atoms with E-state index in [0.29, 0.717) is 29.4 Å². The van der Waals surface area contributed by atoms with Crippen LogP contribution in [0.15, 0.2) is 23.9 Å². The Kier molecular flexibility index (Phi) is 9.34. The third-order valence-corrected chi connectivity index (χ3v) is 12.3.